The Hall–Kier alpha value is -3.72. The molecule has 0 aromatic heterocycles. The van der Waals surface area contributed by atoms with E-state index < -0.39 is 11.9 Å². The van der Waals surface area contributed by atoms with E-state index in [1.807, 2.05) is 41.0 Å². The number of ether oxygens (including phenoxy) is 2. The van der Waals surface area contributed by atoms with Gasteiger partial charge in [0.05, 0.1) is 38.3 Å². The summed E-state index contributed by atoms with van der Waals surface area (Å²) in [6, 6.07) is 12.2. The van der Waals surface area contributed by atoms with Crippen molar-refractivity contribution in [1.82, 2.24) is 9.80 Å². The third kappa shape index (κ3) is 6.64. The molecular weight excluding hydrogens is 438 g/mol. The van der Waals surface area contributed by atoms with Gasteiger partial charge in [0.15, 0.2) is 0 Å². The number of hydrogen-bond donors (Lipinski definition) is 1. The molecule has 1 heterocycles. The lowest BCUT2D eigenvalue weighted by molar-refractivity contribution is -0.132. The molecule has 0 bridgehead atoms. The predicted octanol–water partition coefficient (Wildman–Crippen LogP) is 1.89. The minimum absolute atomic E-state index is 0.0721. The van der Waals surface area contributed by atoms with Gasteiger partial charge in [0.25, 0.3) is 0 Å². The van der Waals surface area contributed by atoms with E-state index >= 15 is 0 Å². The number of amides is 2. The molecule has 1 N–H and O–H groups in total. The smallest absolute Gasteiger partial charge is 0.337 e. The minimum atomic E-state index is -0.632. The molecular formula is C25H29N3O6. The second kappa shape index (κ2) is 11.4. The van der Waals surface area contributed by atoms with Crippen LogP contribution in [-0.4, -0.2) is 80.5 Å². The Labute approximate surface area is 198 Å². The molecule has 2 amide bonds. The van der Waals surface area contributed by atoms with Crippen molar-refractivity contribution in [2.75, 3.05) is 52.3 Å². The Bertz CT molecular complexity index is 1020. The van der Waals surface area contributed by atoms with Crippen molar-refractivity contribution in [3.63, 3.8) is 0 Å². The Morgan fingerprint density at radius 1 is 0.853 bits per heavy atom. The topological polar surface area (TPSA) is 105 Å². The summed E-state index contributed by atoms with van der Waals surface area (Å²) >= 11 is 0. The summed E-state index contributed by atoms with van der Waals surface area (Å²) in [6.45, 7) is 4.36. The van der Waals surface area contributed by atoms with Crippen LogP contribution in [0.25, 0.3) is 0 Å². The molecule has 3 rings (SSSR count). The third-order valence-corrected chi connectivity index (χ3v) is 5.63. The first-order valence-corrected chi connectivity index (χ1v) is 11.0. The molecule has 0 radical (unpaired) electrons. The number of benzene rings is 2. The highest BCUT2D eigenvalue weighted by Crippen LogP contribution is 2.17. The summed E-state index contributed by atoms with van der Waals surface area (Å²) in [7, 11) is 2.47. The summed E-state index contributed by atoms with van der Waals surface area (Å²) < 4.78 is 9.43. The zero-order valence-electron chi connectivity index (χ0n) is 19.6. The lowest BCUT2D eigenvalue weighted by Crippen LogP contribution is -2.50. The average molecular weight is 468 g/mol. The fourth-order valence-electron chi connectivity index (χ4n) is 3.72. The zero-order valence-corrected chi connectivity index (χ0v) is 19.6. The highest BCUT2D eigenvalue weighted by Gasteiger charge is 2.23. The molecule has 0 saturated carbocycles. The standard InChI is InChI=1S/C25H29N3O6/c1-17-4-6-18(7-5-17)12-23(30)28-10-8-27(9-11-28)16-22(29)26-21-14-19(24(31)33-2)13-20(15-21)25(32)34-3/h4-7,13-15H,8-12,16H2,1-3H3,(H,26,29). The van der Waals surface area contributed by atoms with Crippen LogP contribution in [0.3, 0.4) is 0 Å². The van der Waals surface area contributed by atoms with E-state index in [2.05, 4.69) is 5.32 Å². The molecule has 0 unspecified atom stereocenters. The van der Waals surface area contributed by atoms with Crippen LogP contribution >= 0.6 is 0 Å². The number of rotatable bonds is 7. The first kappa shape index (κ1) is 24.9. The van der Waals surface area contributed by atoms with E-state index in [-0.39, 0.29) is 29.5 Å². The first-order chi connectivity index (χ1) is 16.3. The molecule has 2 aromatic carbocycles. The van der Waals surface area contributed by atoms with Crippen molar-refractivity contribution < 1.29 is 28.7 Å². The van der Waals surface area contributed by atoms with Crippen molar-refractivity contribution in [1.29, 1.82) is 0 Å². The van der Waals surface area contributed by atoms with Gasteiger partial charge < -0.3 is 19.7 Å². The third-order valence-electron chi connectivity index (χ3n) is 5.63. The second-order valence-electron chi connectivity index (χ2n) is 8.15. The number of piperazine rings is 1. The van der Waals surface area contributed by atoms with Gasteiger partial charge in [0, 0.05) is 31.9 Å². The molecule has 0 spiro atoms. The molecule has 9 heteroatoms. The number of carbonyl (C=O) groups is 4. The first-order valence-electron chi connectivity index (χ1n) is 11.0. The van der Waals surface area contributed by atoms with Crippen LogP contribution in [0.1, 0.15) is 31.8 Å². The number of methoxy groups -OCH3 is 2. The van der Waals surface area contributed by atoms with Gasteiger partial charge in [0.2, 0.25) is 11.8 Å². The van der Waals surface area contributed by atoms with Crippen molar-refractivity contribution in [2.45, 2.75) is 13.3 Å². The van der Waals surface area contributed by atoms with Gasteiger partial charge in [0.1, 0.15) is 0 Å². The molecule has 9 nitrogen and oxygen atoms in total. The summed E-state index contributed by atoms with van der Waals surface area (Å²) in [5.74, 6) is -1.49. The molecule has 1 saturated heterocycles. The summed E-state index contributed by atoms with van der Waals surface area (Å²) in [6.07, 6.45) is 0.361. The van der Waals surface area contributed by atoms with E-state index in [9.17, 15) is 19.2 Å². The predicted molar refractivity (Wildman–Crippen MR) is 126 cm³/mol. The molecule has 1 fully saturated rings. The SMILES string of the molecule is COC(=O)c1cc(NC(=O)CN2CCN(C(=O)Cc3ccc(C)cc3)CC2)cc(C(=O)OC)c1. The summed E-state index contributed by atoms with van der Waals surface area (Å²) in [5, 5.41) is 2.72. The number of nitrogens with one attached hydrogen (secondary N) is 1. The van der Waals surface area contributed by atoms with Gasteiger partial charge >= 0.3 is 11.9 Å². The number of carbonyl (C=O) groups excluding carboxylic acids is 4. The number of nitrogens with zero attached hydrogens (tertiary/aromatic N) is 2. The van der Waals surface area contributed by atoms with E-state index in [0.29, 0.717) is 38.3 Å². The fraction of sp³-hybridized carbons (Fsp3) is 0.360. The largest absolute Gasteiger partial charge is 0.465 e. The second-order valence-corrected chi connectivity index (χ2v) is 8.15. The van der Waals surface area contributed by atoms with Crippen LogP contribution in [0.4, 0.5) is 5.69 Å². The molecule has 0 atom stereocenters. The Morgan fingerprint density at radius 2 is 1.41 bits per heavy atom. The molecule has 34 heavy (non-hydrogen) atoms. The normalized spacial score (nSPS) is 13.8. The number of anilines is 1. The van der Waals surface area contributed by atoms with Crippen LogP contribution in [0.2, 0.25) is 0 Å². The van der Waals surface area contributed by atoms with Crippen molar-refractivity contribution in [3.8, 4) is 0 Å². The molecule has 1 aliphatic heterocycles. The van der Waals surface area contributed by atoms with Crippen LogP contribution in [-0.2, 0) is 25.5 Å². The van der Waals surface area contributed by atoms with E-state index in [1.54, 1.807) is 0 Å². The maximum Gasteiger partial charge on any atom is 0.337 e. The maximum absolute atomic E-state index is 12.6. The Morgan fingerprint density at radius 3 is 1.94 bits per heavy atom. The van der Waals surface area contributed by atoms with Gasteiger partial charge in [-0.2, -0.15) is 0 Å². The quantitative estimate of drug-likeness (QED) is 0.620. The van der Waals surface area contributed by atoms with Crippen LogP contribution < -0.4 is 5.32 Å². The lowest BCUT2D eigenvalue weighted by Gasteiger charge is -2.34. The van der Waals surface area contributed by atoms with Gasteiger partial charge in [-0.25, -0.2) is 9.59 Å². The van der Waals surface area contributed by atoms with Gasteiger partial charge in [-0.3, -0.25) is 14.5 Å². The minimum Gasteiger partial charge on any atom is -0.465 e. The fourth-order valence-corrected chi connectivity index (χ4v) is 3.72. The van der Waals surface area contributed by atoms with Gasteiger partial charge in [-0.1, -0.05) is 29.8 Å². The number of hydrogen-bond acceptors (Lipinski definition) is 7. The monoisotopic (exact) mass is 467 g/mol. The van der Waals surface area contributed by atoms with Crippen molar-refractivity contribution in [2.24, 2.45) is 0 Å². The summed E-state index contributed by atoms with van der Waals surface area (Å²) in [4.78, 5) is 52.8. The molecule has 0 aliphatic carbocycles. The highest BCUT2D eigenvalue weighted by atomic mass is 16.5. The maximum atomic E-state index is 12.6. The van der Waals surface area contributed by atoms with Crippen LogP contribution in [0.5, 0.6) is 0 Å². The van der Waals surface area contributed by atoms with Gasteiger partial charge in [-0.15, -0.1) is 0 Å². The van der Waals surface area contributed by atoms with E-state index in [4.69, 9.17) is 9.47 Å². The van der Waals surface area contributed by atoms with Gasteiger partial charge in [-0.05, 0) is 30.7 Å². The lowest BCUT2D eigenvalue weighted by atomic mass is 10.1. The molecule has 1 aliphatic rings. The van der Waals surface area contributed by atoms with Crippen LogP contribution in [0, 0.1) is 6.92 Å². The number of aryl methyl sites for hydroxylation is 1. The number of esters is 2. The summed E-state index contributed by atoms with van der Waals surface area (Å²) in [5.41, 5.74) is 2.68. The van der Waals surface area contributed by atoms with E-state index in [0.717, 1.165) is 11.1 Å². The zero-order chi connectivity index (χ0) is 24.7. The molecule has 2 aromatic rings. The average Bonchev–Trinajstić information content (AvgIpc) is 2.84. The molecule has 180 valence electrons. The van der Waals surface area contributed by atoms with Crippen LogP contribution in [0.15, 0.2) is 42.5 Å². The van der Waals surface area contributed by atoms with Crippen molar-refractivity contribution >= 4 is 29.4 Å². The van der Waals surface area contributed by atoms with Crippen molar-refractivity contribution in [3.05, 3.63) is 64.7 Å². The highest BCUT2D eigenvalue weighted by molar-refractivity contribution is 5.99. The Balaban J connectivity index is 1.54. The van der Waals surface area contributed by atoms with E-state index in [1.165, 1.54) is 32.4 Å². The Kier molecular flexibility index (Phi) is 8.37.